The summed E-state index contributed by atoms with van der Waals surface area (Å²) in [6.45, 7) is 7.31. The van der Waals surface area contributed by atoms with Crippen LogP contribution in [0.1, 0.15) is 69.7 Å². The summed E-state index contributed by atoms with van der Waals surface area (Å²) in [7, 11) is 0. The van der Waals surface area contributed by atoms with E-state index in [0.29, 0.717) is 0 Å². The second-order valence-corrected chi connectivity index (χ2v) is 5.28. The third-order valence-corrected chi connectivity index (χ3v) is 3.66. The Morgan fingerprint density at radius 2 is 1.40 bits per heavy atom. The summed E-state index contributed by atoms with van der Waals surface area (Å²) >= 11 is 0. The third-order valence-electron chi connectivity index (χ3n) is 3.66. The minimum absolute atomic E-state index is 0. The third kappa shape index (κ3) is 7.39. The molecular weight excluding hydrogens is 293 g/mol. The predicted molar refractivity (Wildman–Crippen MR) is 93.2 cm³/mol. The van der Waals surface area contributed by atoms with Crippen LogP contribution in [0.5, 0.6) is 0 Å². The van der Waals surface area contributed by atoms with Gasteiger partial charge in [0.25, 0.3) is 0 Å². The van der Waals surface area contributed by atoms with Crippen molar-refractivity contribution in [1.82, 2.24) is 9.78 Å². The second kappa shape index (κ2) is 12.3. The number of nitrogen functional groups attached to an aromatic ring is 1. The maximum Gasteiger partial charge on any atom is 0.0825 e. The van der Waals surface area contributed by atoms with Gasteiger partial charge in [-0.05, 0) is 20.3 Å². The summed E-state index contributed by atoms with van der Waals surface area (Å²) in [6.07, 6.45) is 10.8. The minimum atomic E-state index is 0. The van der Waals surface area contributed by atoms with Gasteiger partial charge in [-0.1, -0.05) is 51.9 Å². The van der Waals surface area contributed by atoms with Crippen molar-refractivity contribution in [3.8, 4) is 0 Å². The van der Waals surface area contributed by atoms with E-state index in [1.54, 1.807) is 0 Å². The minimum Gasteiger partial charge on any atom is -0.396 e. The SMILES string of the molecule is CCCCCCCCCCn1nc(C)c(N)c1C.Cl.Cl. The second-order valence-electron chi connectivity index (χ2n) is 5.28. The van der Waals surface area contributed by atoms with E-state index in [0.717, 1.165) is 23.6 Å². The molecule has 0 fully saturated rings. The number of unbranched alkanes of at least 4 members (excludes halogenated alkanes) is 7. The summed E-state index contributed by atoms with van der Waals surface area (Å²) < 4.78 is 2.06. The fourth-order valence-electron chi connectivity index (χ4n) is 2.32. The maximum absolute atomic E-state index is 5.92. The van der Waals surface area contributed by atoms with Crippen molar-refractivity contribution in [3.05, 3.63) is 11.4 Å². The topological polar surface area (TPSA) is 43.8 Å². The molecule has 0 radical (unpaired) electrons. The van der Waals surface area contributed by atoms with Crippen molar-refractivity contribution in [2.75, 3.05) is 5.73 Å². The molecule has 3 nitrogen and oxygen atoms in total. The average molecular weight is 324 g/mol. The number of halogens is 2. The van der Waals surface area contributed by atoms with Crippen LogP contribution in [0, 0.1) is 13.8 Å². The molecule has 2 N–H and O–H groups in total. The molecule has 0 aliphatic carbocycles. The average Bonchev–Trinajstić information content (AvgIpc) is 2.60. The van der Waals surface area contributed by atoms with E-state index in [1.165, 1.54) is 51.4 Å². The number of rotatable bonds is 9. The highest BCUT2D eigenvalue weighted by atomic mass is 35.5. The van der Waals surface area contributed by atoms with Crippen LogP contribution in [0.15, 0.2) is 0 Å². The van der Waals surface area contributed by atoms with Crippen molar-refractivity contribution >= 4 is 30.5 Å². The van der Waals surface area contributed by atoms with Crippen LogP contribution >= 0.6 is 24.8 Å². The van der Waals surface area contributed by atoms with Gasteiger partial charge in [0.15, 0.2) is 0 Å². The van der Waals surface area contributed by atoms with Crippen LogP contribution in [0.3, 0.4) is 0 Å². The van der Waals surface area contributed by atoms with Crippen molar-refractivity contribution in [1.29, 1.82) is 0 Å². The maximum atomic E-state index is 5.92. The molecule has 1 aromatic rings. The summed E-state index contributed by atoms with van der Waals surface area (Å²) in [6, 6.07) is 0. The van der Waals surface area contributed by atoms with Crippen LogP contribution in [0.25, 0.3) is 0 Å². The van der Waals surface area contributed by atoms with E-state index >= 15 is 0 Å². The first-order chi connectivity index (χ1) is 8.66. The number of nitrogens with two attached hydrogens (primary N) is 1. The first-order valence-corrected chi connectivity index (χ1v) is 7.46. The zero-order valence-corrected chi connectivity index (χ0v) is 14.8. The number of nitrogens with zero attached hydrogens (tertiary/aromatic N) is 2. The Labute approximate surface area is 136 Å². The normalized spacial score (nSPS) is 9.95. The number of hydrogen-bond acceptors (Lipinski definition) is 2. The summed E-state index contributed by atoms with van der Waals surface area (Å²) in [5.74, 6) is 0. The lowest BCUT2D eigenvalue weighted by Gasteiger charge is -2.04. The van der Waals surface area contributed by atoms with Crippen molar-refractivity contribution in [3.63, 3.8) is 0 Å². The van der Waals surface area contributed by atoms with Crippen LogP contribution in [0.4, 0.5) is 5.69 Å². The highest BCUT2D eigenvalue weighted by molar-refractivity contribution is 5.85. The van der Waals surface area contributed by atoms with Gasteiger partial charge in [0.05, 0.1) is 17.1 Å². The first-order valence-electron chi connectivity index (χ1n) is 7.46. The first kappa shape index (κ1) is 21.9. The number of aromatic nitrogens is 2. The molecule has 20 heavy (non-hydrogen) atoms. The summed E-state index contributed by atoms with van der Waals surface area (Å²) in [5.41, 5.74) is 8.86. The standard InChI is InChI=1S/C15H29N3.2ClH/c1-4-5-6-7-8-9-10-11-12-18-14(3)15(16)13(2)17-18;;/h4-12,16H2,1-3H3;2*1H. The molecular formula is C15H31Cl2N3. The lowest BCUT2D eigenvalue weighted by molar-refractivity contribution is 0.512. The summed E-state index contributed by atoms with van der Waals surface area (Å²) in [5, 5.41) is 4.46. The monoisotopic (exact) mass is 323 g/mol. The Morgan fingerprint density at radius 1 is 0.900 bits per heavy atom. The molecule has 0 bridgehead atoms. The number of hydrogen-bond donors (Lipinski definition) is 1. The van der Waals surface area contributed by atoms with Gasteiger partial charge >= 0.3 is 0 Å². The van der Waals surface area contributed by atoms with Gasteiger partial charge in [-0.25, -0.2) is 0 Å². The zero-order valence-electron chi connectivity index (χ0n) is 13.2. The predicted octanol–water partition coefficient (Wildman–Crippen LogP) is 5.07. The molecule has 0 atom stereocenters. The van der Waals surface area contributed by atoms with Crippen LogP contribution in [-0.2, 0) is 6.54 Å². The highest BCUT2D eigenvalue weighted by Gasteiger charge is 2.06. The van der Waals surface area contributed by atoms with Crippen LogP contribution in [0.2, 0.25) is 0 Å². The number of anilines is 1. The van der Waals surface area contributed by atoms with E-state index in [9.17, 15) is 0 Å². The molecule has 0 saturated heterocycles. The Balaban J connectivity index is 0. The van der Waals surface area contributed by atoms with Gasteiger partial charge < -0.3 is 5.73 Å². The van der Waals surface area contributed by atoms with Crippen molar-refractivity contribution in [2.45, 2.75) is 78.7 Å². The van der Waals surface area contributed by atoms with Crippen LogP contribution < -0.4 is 5.73 Å². The van der Waals surface area contributed by atoms with Crippen molar-refractivity contribution in [2.24, 2.45) is 0 Å². The van der Waals surface area contributed by atoms with Gasteiger partial charge in [0.1, 0.15) is 0 Å². The zero-order chi connectivity index (χ0) is 13.4. The highest BCUT2D eigenvalue weighted by Crippen LogP contribution is 2.16. The van der Waals surface area contributed by atoms with E-state index in [-0.39, 0.29) is 24.8 Å². The fraction of sp³-hybridized carbons (Fsp3) is 0.800. The lowest BCUT2D eigenvalue weighted by Crippen LogP contribution is -2.03. The Bertz CT molecular complexity index is 351. The molecule has 0 saturated carbocycles. The molecule has 0 aromatic carbocycles. The van der Waals surface area contributed by atoms with E-state index in [4.69, 9.17) is 5.73 Å². The molecule has 0 aliphatic heterocycles. The van der Waals surface area contributed by atoms with Gasteiger partial charge in [-0.2, -0.15) is 5.10 Å². The van der Waals surface area contributed by atoms with Gasteiger partial charge in [0.2, 0.25) is 0 Å². The van der Waals surface area contributed by atoms with Gasteiger partial charge in [-0.15, -0.1) is 24.8 Å². The molecule has 0 spiro atoms. The molecule has 120 valence electrons. The van der Waals surface area contributed by atoms with Crippen molar-refractivity contribution < 1.29 is 0 Å². The Morgan fingerprint density at radius 3 is 1.85 bits per heavy atom. The smallest absolute Gasteiger partial charge is 0.0825 e. The quantitative estimate of drug-likeness (QED) is 0.645. The molecule has 1 heterocycles. The molecule has 1 rings (SSSR count). The number of aryl methyl sites for hydroxylation is 2. The summed E-state index contributed by atoms with van der Waals surface area (Å²) in [4.78, 5) is 0. The molecule has 1 aromatic heterocycles. The molecule has 0 amide bonds. The molecule has 0 aliphatic rings. The van der Waals surface area contributed by atoms with E-state index in [2.05, 4.69) is 23.6 Å². The molecule has 0 unspecified atom stereocenters. The Kier molecular flexibility index (Phi) is 13.5. The van der Waals surface area contributed by atoms with Gasteiger partial charge in [-0.3, -0.25) is 4.68 Å². The van der Waals surface area contributed by atoms with E-state index in [1.807, 2.05) is 6.92 Å². The van der Waals surface area contributed by atoms with E-state index < -0.39 is 0 Å². The fourth-order valence-corrected chi connectivity index (χ4v) is 2.32. The largest absolute Gasteiger partial charge is 0.396 e. The van der Waals surface area contributed by atoms with Crippen LogP contribution in [-0.4, -0.2) is 9.78 Å². The van der Waals surface area contributed by atoms with Gasteiger partial charge in [0, 0.05) is 6.54 Å². The molecule has 5 heteroatoms. The lowest BCUT2D eigenvalue weighted by atomic mass is 10.1. The Hall–Kier alpha value is -0.410.